The number of carbonyl (C=O) groups is 1. The Morgan fingerprint density at radius 1 is 1.42 bits per heavy atom. The zero-order chi connectivity index (χ0) is 13.8. The summed E-state index contributed by atoms with van der Waals surface area (Å²) in [5.74, 6) is -0.545. The second-order valence-electron chi connectivity index (χ2n) is 4.76. The number of rotatable bonds is 2. The standard InChI is InChI=1S/C13H13NO4S/c1-18-13(15)11-6-9-5-8-3-4-14(19(2,16)17)12(8)7-10(9)11/h3-5,7,11H,6H2,1-2H3. The fourth-order valence-corrected chi connectivity index (χ4v) is 3.36. The van der Waals surface area contributed by atoms with Crippen LogP contribution >= 0.6 is 0 Å². The number of nitrogens with zero attached hydrogens (tertiary/aromatic N) is 1. The van der Waals surface area contributed by atoms with Crippen molar-refractivity contribution in [3.63, 3.8) is 0 Å². The predicted octanol–water partition coefficient (Wildman–Crippen LogP) is 1.26. The third-order valence-corrected chi connectivity index (χ3v) is 4.59. The van der Waals surface area contributed by atoms with Crippen molar-refractivity contribution < 1.29 is 17.9 Å². The maximum absolute atomic E-state index is 11.7. The number of ether oxygens (including phenoxy) is 1. The number of hydrogen-bond acceptors (Lipinski definition) is 4. The first-order chi connectivity index (χ1) is 8.91. The van der Waals surface area contributed by atoms with Gasteiger partial charge in [-0.3, -0.25) is 4.79 Å². The average Bonchev–Trinajstić information content (AvgIpc) is 2.73. The number of hydrogen-bond donors (Lipinski definition) is 0. The van der Waals surface area contributed by atoms with E-state index in [1.54, 1.807) is 12.1 Å². The lowest BCUT2D eigenvalue weighted by Gasteiger charge is -2.28. The van der Waals surface area contributed by atoms with Gasteiger partial charge in [0.1, 0.15) is 0 Å². The summed E-state index contributed by atoms with van der Waals surface area (Å²) >= 11 is 0. The van der Waals surface area contributed by atoms with Crippen molar-refractivity contribution >= 4 is 26.9 Å². The zero-order valence-electron chi connectivity index (χ0n) is 10.6. The summed E-state index contributed by atoms with van der Waals surface area (Å²) in [6.07, 6.45) is 3.34. The molecular weight excluding hydrogens is 266 g/mol. The molecule has 0 radical (unpaired) electrons. The van der Waals surface area contributed by atoms with E-state index in [1.165, 1.54) is 17.3 Å². The summed E-state index contributed by atoms with van der Waals surface area (Å²) in [6, 6.07) is 5.48. The Morgan fingerprint density at radius 2 is 2.16 bits per heavy atom. The van der Waals surface area contributed by atoms with E-state index < -0.39 is 10.0 Å². The highest BCUT2D eigenvalue weighted by Crippen LogP contribution is 2.39. The van der Waals surface area contributed by atoms with Gasteiger partial charge in [-0.05, 0) is 35.7 Å². The second kappa shape index (κ2) is 3.84. The van der Waals surface area contributed by atoms with Crippen LogP contribution in [-0.4, -0.2) is 31.7 Å². The van der Waals surface area contributed by atoms with E-state index >= 15 is 0 Å². The number of fused-ring (bicyclic) bond motifs is 2. The molecule has 1 aliphatic carbocycles. The fraction of sp³-hybridized carbons (Fsp3) is 0.308. The lowest BCUT2D eigenvalue weighted by molar-refractivity contribution is -0.143. The van der Waals surface area contributed by atoms with Crippen LogP contribution in [0.4, 0.5) is 0 Å². The largest absolute Gasteiger partial charge is 0.469 e. The smallest absolute Gasteiger partial charge is 0.313 e. The first kappa shape index (κ1) is 12.2. The molecule has 0 saturated carbocycles. The van der Waals surface area contributed by atoms with Gasteiger partial charge in [0.15, 0.2) is 0 Å². The molecule has 1 aromatic heterocycles. The van der Waals surface area contributed by atoms with Crippen molar-refractivity contribution in [1.82, 2.24) is 3.97 Å². The van der Waals surface area contributed by atoms with E-state index in [4.69, 9.17) is 4.74 Å². The van der Waals surface area contributed by atoms with Gasteiger partial charge in [-0.15, -0.1) is 0 Å². The van der Waals surface area contributed by atoms with Crippen molar-refractivity contribution in [2.75, 3.05) is 13.4 Å². The summed E-state index contributed by atoms with van der Waals surface area (Å²) < 4.78 is 29.3. The topological polar surface area (TPSA) is 65.4 Å². The van der Waals surface area contributed by atoms with Crippen LogP contribution in [0, 0.1) is 0 Å². The van der Waals surface area contributed by atoms with Gasteiger partial charge in [-0.25, -0.2) is 12.4 Å². The van der Waals surface area contributed by atoms with Crippen molar-refractivity contribution in [2.24, 2.45) is 0 Å². The molecule has 5 nitrogen and oxygen atoms in total. The molecule has 1 aromatic carbocycles. The maximum Gasteiger partial charge on any atom is 0.313 e. The summed E-state index contributed by atoms with van der Waals surface area (Å²) in [6.45, 7) is 0. The van der Waals surface area contributed by atoms with Gasteiger partial charge in [-0.2, -0.15) is 0 Å². The first-order valence-corrected chi connectivity index (χ1v) is 7.69. The SMILES string of the molecule is COC(=O)C1Cc2cc3ccn(S(C)(=O)=O)c3cc21. The van der Waals surface area contributed by atoms with Crippen LogP contribution in [0.5, 0.6) is 0 Å². The molecule has 1 aliphatic rings. The predicted molar refractivity (Wildman–Crippen MR) is 70.6 cm³/mol. The third kappa shape index (κ3) is 1.74. The molecule has 2 aromatic rings. The van der Waals surface area contributed by atoms with E-state index in [2.05, 4.69) is 0 Å². The molecule has 0 amide bonds. The van der Waals surface area contributed by atoms with Gasteiger partial charge in [-0.1, -0.05) is 0 Å². The molecule has 0 spiro atoms. The van der Waals surface area contributed by atoms with Crippen molar-refractivity contribution in [3.05, 3.63) is 35.5 Å². The van der Waals surface area contributed by atoms with E-state index in [9.17, 15) is 13.2 Å². The minimum atomic E-state index is -3.33. The minimum absolute atomic E-state index is 0.271. The first-order valence-electron chi connectivity index (χ1n) is 5.84. The van der Waals surface area contributed by atoms with Gasteiger partial charge >= 0.3 is 5.97 Å². The Hall–Kier alpha value is -1.82. The van der Waals surface area contributed by atoms with Gasteiger partial charge in [0.05, 0.1) is 24.8 Å². The lowest BCUT2D eigenvalue weighted by atomic mass is 9.77. The number of carbonyl (C=O) groups excluding carboxylic acids is 1. The Labute approximate surface area is 110 Å². The van der Waals surface area contributed by atoms with Crippen molar-refractivity contribution in [3.8, 4) is 0 Å². The number of aromatic nitrogens is 1. The number of benzene rings is 1. The van der Waals surface area contributed by atoms with E-state index in [-0.39, 0.29) is 11.9 Å². The fourth-order valence-electron chi connectivity index (χ4n) is 2.56. The van der Waals surface area contributed by atoms with E-state index in [1.807, 2.05) is 6.07 Å². The zero-order valence-corrected chi connectivity index (χ0v) is 11.4. The normalized spacial score (nSPS) is 17.9. The highest BCUT2D eigenvalue weighted by atomic mass is 32.2. The Morgan fingerprint density at radius 3 is 2.79 bits per heavy atom. The molecule has 0 fully saturated rings. The molecular formula is C13H13NO4S. The van der Waals surface area contributed by atoms with Crippen LogP contribution in [0.1, 0.15) is 17.0 Å². The highest BCUT2D eigenvalue weighted by molar-refractivity contribution is 7.89. The third-order valence-electron chi connectivity index (χ3n) is 3.56. The van der Waals surface area contributed by atoms with Crippen LogP contribution in [0.25, 0.3) is 10.9 Å². The van der Waals surface area contributed by atoms with Gasteiger partial charge in [0, 0.05) is 11.6 Å². The van der Waals surface area contributed by atoms with Crippen LogP contribution in [0.15, 0.2) is 24.4 Å². The molecule has 6 heteroatoms. The van der Waals surface area contributed by atoms with Gasteiger partial charge < -0.3 is 4.74 Å². The second-order valence-corrected chi connectivity index (χ2v) is 6.62. The van der Waals surface area contributed by atoms with Crippen LogP contribution < -0.4 is 0 Å². The molecule has 19 heavy (non-hydrogen) atoms. The summed E-state index contributed by atoms with van der Waals surface area (Å²) in [7, 11) is -1.98. The summed E-state index contributed by atoms with van der Waals surface area (Å²) in [5.41, 5.74) is 2.55. The monoisotopic (exact) mass is 279 g/mol. The Bertz CT molecular complexity index is 788. The highest BCUT2D eigenvalue weighted by Gasteiger charge is 2.34. The molecule has 3 rings (SSSR count). The van der Waals surface area contributed by atoms with Crippen LogP contribution in [0.2, 0.25) is 0 Å². The molecule has 1 atom stereocenters. The molecule has 0 N–H and O–H groups in total. The molecule has 0 saturated heterocycles. The Balaban J connectivity index is 2.18. The van der Waals surface area contributed by atoms with Crippen LogP contribution in [-0.2, 0) is 26.0 Å². The van der Waals surface area contributed by atoms with E-state index in [0.717, 1.165) is 22.8 Å². The van der Waals surface area contributed by atoms with Crippen LogP contribution in [0.3, 0.4) is 0 Å². The Kier molecular flexibility index (Phi) is 2.47. The molecule has 0 bridgehead atoms. The molecule has 1 heterocycles. The minimum Gasteiger partial charge on any atom is -0.469 e. The summed E-state index contributed by atoms with van der Waals surface area (Å²) in [4.78, 5) is 11.6. The maximum atomic E-state index is 11.7. The number of methoxy groups -OCH3 is 1. The van der Waals surface area contributed by atoms with Gasteiger partial charge in [0.25, 0.3) is 0 Å². The van der Waals surface area contributed by atoms with Crippen molar-refractivity contribution in [1.29, 1.82) is 0 Å². The quantitative estimate of drug-likeness (QED) is 0.776. The molecule has 0 aliphatic heterocycles. The molecule has 1 unspecified atom stereocenters. The van der Waals surface area contributed by atoms with Crippen molar-refractivity contribution in [2.45, 2.75) is 12.3 Å². The van der Waals surface area contributed by atoms with Gasteiger partial charge in [0.2, 0.25) is 10.0 Å². The lowest BCUT2D eigenvalue weighted by Crippen LogP contribution is -2.26. The average molecular weight is 279 g/mol. The number of esters is 1. The molecule has 100 valence electrons. The van der Waals surface area contributed by atoms with E-state index in [0.29, 0.717) is 11.9 Å². The summed E-state index contributed by atoms with van der Waals surface area (Å²) in [5, 5.41) is 0.868.